The zero-order valence-electron chi connectivity index (χ0n) is 14.8. The summed E-state index contributed by atoms with van der Waals surface area (Å²) in [6, 6.07) is 5.31. The van der Waals surface area contributed by atoms with Gasteiger partial charge in [-0.2, -0.15) is 0 Å². The van der Waals surface area contributed by atoms with Crippen LogP contribution in [0.2, 0.25) is 0 Å². The summed E-state index contributed by atoms with van der Waals surface area (Å²) in [5.74, 6) is 0.446. The summed E-state index contributed by atoms with van der Waals surface area (Å²) in [5, 5.41) is 3.74. The molecule has 0 unspecified atom stereocenters. The Bertz CT molecular complexity index is 922. The van der Waals surface area contributed by atoms with Crippen molar-refractivity contribution in [3.63, 3.8) is 0 Å². The van der Waals surface area contributed by atoms with Crippen molar-refractivity contribution in [2.45, 2.75) is 25.8 Å². The van der Waals surface area contributed by atoms with Crippen LogP contribution in [-0.4, -0.2) is 40.8 Å². The Morgan fingerprint density at radius 3 is 2.74 bits per heavy atom. The predicted octanol–water partition coefficient (Wildman–Crippen LogP) is 3.34. The fourth-order valence-corrected chi connectivity index (χ4v) is 4.04. The fourth-order valence-electron chi connectivity index (χ4n) is 3.16. The number of carbonyl (C=O) groups excluding carboxylic acids is 2. The highest BCUT2D eigenvalue weighted by Gasteiger charge is 2.26. The molecule has 1 N–H and O–H groups in total. The van der Waals surface area contributed by atoms with Crippen molar-refractivity contribution in [3.05, 3.63) is 53.1 Å². The highest BCUT2D eigenvalue weighted by Crippen LogP contribution is 2.28. The minimum absolute atomic E-state index is 0.0269. The molecule has 1 aliphatic rings. The van der Waals surface area contributed by atoms with Crippen LogP contribution >= 0.6 is 11.3 Å². The van der Waals surface area contributed by atoms with Crippen molar-refractivity contribution in [3.8, 4) is 10.8 Å². The molecule has 0 saturated carbocycles. The minimum atomic E-state index is -0.179. The zero-order valence-corrected chi connectivity index (χ0v) is 15.6. The summed E-state index contributed by atoms with van der Waals surface area (Å²) >= 11 is 1.44. The van der Waals surface area contributed by atoms with Crippen LogP contribution in [0, 0.1) is 6.92 Å². The molecule has 1 aliphatic heterocycles. The number of hydrogen-bond acceptors (Lipinski definition) is 6. The second-order valence-electron chi connectivity index (χ2n) is 6.45. The Morgan fingerprint density at radius 2 is 2.07 bits per heavy atom. The van der Waals surface area contributed by atoms with Gasteiger partial charge in [-0.25, -0.2) is 4.98 Å². The molecule has 1 fully saturated rings. The van der Waals surface area contributed by atoms with Crippen LogP contribution in [0.25, 0.3) is 10.8 Å². The summed E-state index contributed by atoms with van der Waals surface area (Å²) in [6.07, 6.45) is 5.96. The molecule has 27 heavy (non-hydrogen) atoms. The van der Waals surface area contributed by atoms with Crippen LogP contribution in [0.5, 0.6) is 0 Å². The number of likely N-dealkylation sites (tertiary alicyclic amines) is 1. The molecule has 1 saturated heterocycles. The molecular weight excluding hydrogens is 366 g/mol. The highest BCUT2D eigenvalue weighted by atomic mass is 32.1. The van der Waals surface area contributed by atoms with Crippen molar-refractivity contribution in [2.75, 3.05) is 13.1 Å². The van der Waals surface area contributed by atoms with E-state index in [2.05, 4.69) is 10.3 Å². The predicted molar refractivity (Wildman–Crippen MR) is 99.7 cm³/mol. The molecule has 8 heteroatoms. The van der Waals surface area contributed by atoms with Gasteiger partial charge >= 0.3 is 0 Å². The number of nitrogens with one attached hydrogen (secondary N) is 1. The first-order valence-corrected chi connectivity index (χ1v) is 9.57. The Hall–Kier alpha value is -2.87. The third-order valence-corrected chi connectivity index (χ3v) is 5.61. The van der Waals surface area contributed by atoms with Crippen molar-refractivity contribution in [2.24, 2.45) is 0 Å². The second kappa shape index (κ2) is 7.40. The van der Waals surface area contributed by atoms with Gasteiger partial charge in [-0.3, -0.25) is 9.59 Å². The topological polar surface area (TPSA) is 88.6 Å². The average Bonchev–Trinajstić information content (AvgIpc) is 3.43. The SMILES string of the molecule is Cc1sc(-c2ccco2)nc1C(=O)NC1CCN(C(=O)c2ccoc2)CC1. The molecule has 140 valence electrons. The van der Waals surface area contributed by atoms with Gasteiger partial charge in [-0.05, 0) is 38.0 Å². The van der Waals surface area contributed by atoms with Crippen molar-refractivity contribution >= 4 is 23.2 Å². The van der Waals surface area contributed by atoms with Crippen LogP contribution in [0.15, 0.2) is 45.8 Å². The Balaban J connectivity index is 1.35. The summed E-state index contributed by atoms with van der Waals surface area (Å²) in [5.41, 5.74) is 0.990. The largest absolute Gasteiger partial charge is 0.472 e. The number of carbonyl (C=O) groups is 2. The number of aryl methyl sites for hydroxylation is 1. The summed E-state index contributed by atoms with van der Waals surface area (Å²) in [7, 11) is 0. The lowest BCUT2D eigenvalue weighted by Gasteiger charge is -2.32. The number of hydrogen-bond donors (Lipinski definition) is 1. The zero-order chi connectivity index (χ0) is 18.8. The maximum atomic E-state index is 12.6. The smallest absolute Gasteiger partial charge is 0.271 e. The molecule has 2 amide bonds. The maximum Gasteiger partial charge on any atom is 0.271 e. The number of furan rings is 2. The fraction of sp³-hybridized carbons (Fsp3) is 0.316. The van der Waals surface area contributed by atoms with E-state index in [1.165, 1.54) is 23.9 Å². The molecule has 0 atom stereocenters. The van der Waals surface area contributed by atoms with Crippen molar-refractivity contribution < 1.29 is 18.4 Å². The lowest BCUT2D eigenvalue weighted by atomic mass is 10.0. The normalized spacial score (nSPS) is 15.1. The van der Waals surface area contributed by atoms with E-state index in [-0.39, 0.29) is 17.9 Å². The Morgan fingerprint density at radius 1 is 1.26 bits per heavy atom. The molecule has 3 aromatic rings. The van der Waals surface area contributed by atoms with Crippen LogP contribution in [0.1, 0.15) is 38.6 Å². The van der Waals surface area contributed by atoms with Crippen LogP contribution < -0.4 is 5.32 Å². The number of piperidine rings is 1. The number of thiazole rings is 1. The number of aromatic nitrogens is 1. The lowest BCUT2D eigenvalue weighted by molar-refractivity contribution is 0.0697. The van der Waals surface area contributed by atoms with Gasteiger partial charge in [0.25, 0.3) is 11.8 Å². The molecule has 0 spiro atoms. The Kier molecular flexibility index (Phi) is 4.81. The second-order valence-corrected chi connectivity index (χ2v) is 7.66. The molecule has 4 rings (SSSR count). The van der Waals surface area contributed by atoms with E-state index >= 15 is 0 Å². The van der Waals surface area contributed by atoms with Crippen LogP contribution in [0.3, 0.4) is 0 Å². The summed E-state index contributed by atoms with van der Waals surface area (Å²) in [6.45, 7) is 3.08. The monoisotopic (exact) mass is 385 g/mol. The molecule has 0 radical (unpaired) electrons. The van der Waals surface area contributed by atoms with E-state index in [0.717, 1.165) is 4.88 Å². The third-order valence-electron chi connectivity index (χ3n) is 4.63. The number of rotatable bonds is 4. The minimum Gasteiger partial charge on any atom is -0.472 e. The molecule has 0 aromatic carbocycles. The van der Waals surface area contributed by atoms with Crippen LogP contribution in [-0.2, 0) is 0 Å². The Labute approximate surface area is 160 Å². The molecule has 0 bridgehead atoms. The number of nitrogens with zero attached hydrogens (tertiary/aromatic N) is 2. The standard InChI is InChI=1S/C19H19N3O4S/c1-12-16(21-18(27-12)15-3-2-9-26-15)17(23)20-14-4-7-22(8-5-14)19(24)13-6-10-25-11-13/h2-3,6,9-11,14H,4-5,7-8H2,1H3,(H,20,23). The molecule has 7 nitrogen and oxygen atoms in total. The molecular formula is C19H19N3O4S. The molecule has 0 aliphatic carbocycles. The van der Waals surface area contributed by atoms with Gasteiger partial charge < -0.3 is 19.1 Å². The first-order chi connectivity index (χ1) is 13.1. The van der Waals surface area contributed by atoms with Gasteiger partial charge in [-0.15, -0.1) is 11.3 Å². The highest BCUT2D eigenvalue weighted by molar-refractivity contribution is 7.15. The van der Waals surface area contributed by atoms with E-state index in [1.807, 2.05) is 13.0 Å². The first-order valence-electron chi connectivity index (χ1n) is 8.75. The van der Waals surface area contributed by atoms with Gasteiger partial charge in [0, 0.05) is 24.0 Å². The van der Waals surface area contributed by atoms with E-state index < -0.39 is 0 Å². The third kappa shape index (κ3) is 3.66. The quantitative estimate of drug-likeness (QED) is 0.744. The van der Waals surface area contributed by atoms with Gasteiger partial charge in [0.1, 0.15) is 12.0 Å². The van der Waals surface area contributed by atoms with E-state index in [9.17, 15) is 9.59 Å². The van der Waals surface area contributed by atoms with Gasteiger partial charge in [0.05, 0.1) is 18.1 Å². The summed E-state index contributed by atoms with van der Waals surface area (Å²) < 4.78 is 10.3. The first kappa shape index (κ1) is 17.5. The van der Waals surface area contributed by atoms with Gasteiger partial charge in [0.2, 0.25) is 0 Å². The molecule has 3 aromatic heterocycles. The maximum absolute atomic E-state index is 12.6. The van der Waals surface area contributed by atoms with Crippen molar-refractivity contribution in [1.82, 2.24) is 15.2 Å². The number of amides is 2. The van der Waals surface area contributed by atoms with E-state index in [1.54, 1.807) is 23.3 Å². The average molecular weight is 385 g/mol. The van der Waals surface area contributed by atoms with Gasteiger partial charge in [0.15, 0.2) is 10.8 Å². The lowest BCUT2D eigenvalue weighted by Crippen LogP contribution is -2.46. The van der Waals surface area contributed by atoms with Crippen molar-refractivity contribution in [1.29, 1.82) is 0 Å². The summed E-state index contributed by atoms with van der Waals surface area (Å²) in [4.78, 5) is 32.0. The van der Waals surface area contributed by atoms with Crippen LogP contribution in [0.4, 0.5) is 0 Å². The molecule has 4 heterocycles. The van der Waals surface area contributed by atoms with Gasteiger partial charge in [-0.1, -0.05) is 0 Å². The van der Waals surface area contributed by atoms with E-state index in [0.29, 0.717) is 48.0 Å². The van der Waals surface area contributed by atoms with E-state index in [4.69, 9.17) is 8.83 Å².